The maximum Gasteiger partial charge on any atom is 0.225 e. The zero-order chi connectivity index (χ0) is 20.5. The molecule has 0 saturated carbocycles. The summed E-state index contributed by atoms with van der Waals surface area (Å²) in [4.78, 5) is 12.9. The fraction of sp³-hybridized carbons (Fsp3) is 0.167. The molecule has 0 saturated heterocycles. The summed E-state index contributed by atoms with van der Waals surface area (Å²) < 4.78 is 23.0. The molecule has 0 aliphatic carbocycles. The molecule has 0 aliphatic rings. The highest BCUT2D eigenvalue weighted by Crippen LogP contribution is 2.22. The van der Waals surface area contributed by atoms with Gasteiger partial charge < -0.3 is 23.5 Å². The van der Waals surface area contributed by atoms with Gasteiger partial charge in [0, 0.05) is 42.9 Å². The molecule has 2 heterocycles. The molecule has 2 aromatic heterocycles. The Morgan fingerprint density at radius 2 is 1.79 bits per heavy atom. The number of anilines is 3. The molecule has 1 aromatic carbocycles. The smallest absolute Gasteiger partial charge is 0.225 e. The molecule has 0 bridgehead atoms. The average Bonchev–Trinajstić information content (AvgIpc) is 2.74. The zero-order valence-electron chi connectivity index (χ0n) is 15.3. The van der Waals surface area contributed by atoms with Crippen LogP contribution in [0.15, 0.2) is 59.2 Å². The SMILES string of the molecule is O=[S-](O)=Nc1ccc(NNc2cc(-c3ccncc3)nc(NCCCO)n2)cc1. The molecule has 0 atom stereocenters. The van der Waals surface area contributed by atoms with Crippen LogP contribution in [-0.4, -0.2) is 37.8 Å². The quantitative estimate of drug-likeness (QED) is 0.154. The van der Waals surface area contributed by atoms with Crippen molar-refractivity contribution in [3.05, 3.63) is 54.9 Å². The Morgan fingerprint density at radius 3 is 2.48 bits per heavy atom. The molecule has 0 fully saturated rings. The number of hydrogen-bond acceptors (Lipinski definition) is 10. The van der Waals surface area contributed by atoms with Crippen LogP contribution in [0.4, 0.5) is 23.1 Å². The highest BCUT2D eigenvalue weighted by molar-refractivity contribution is 7.68. The minimum absolute atomic E-state index is 0.0792. The van der Waals surface area contributed by atoms with E-state index >= 15 is 0 Å². The van der Waals surface area contributed by atoms with E-state index < -0.39 is 10.9 Å². The Hall–Kier alpha value is -3.28. The molecular weight excluding hydrogens is 394 g/mol. The number of pyridine rings is 1. The van der Waals surface area contributed by atoms with Gasteiger partial charge >= 0.3 is 0 Å². The van der Waals surface area contributed by atoms with Crippen LogP contribution in [0.1, 0.15) is 6.42 Å². The number of aromatic nitrogens is 3. The van der Waals surface area contributed by atoms with Gasteiger partial charge in [0.25, 0.3) is 0 Å². The molecule has 0 radical (unpaired) electrons. The molecule has 29 heavy (non-hydrogen) atoms. The minimum atomic E-state index is -2.24. The number of nitrogens with zero attached hydrogens (tertiary/aromatic N) is 4. The lowest BCUT2D eigenvalue weighted by Crippen LogP contribution is -2.13. The van der Waals surface area contributed by atoms with E-state index in [4.69, 9.17) is 9.66 Å². The number of hydrogen-bond donors (Lipinski definition) is 5. The average molecular weight is 414 g/mol. The Bertz CT molecular complexity index is 1010. The van der Waals surface area contributed by atoms with Crippen LogP contribution in [-0.2, 0) is 15.1 Å². The first-order valence-electron chi connectivity index (χ1n) is 8.73. The fourth-order valence-corrected chi connectivity index (χ4v) is 2.67. The summed E-state index contributed by atoms with van der Waals surface area (Å²) in [5.74, 6) is 0.958. The molecule has 11 heteroatoms. The van der Waals surface area contributed by atoms with E-state index in [0.717, 1.165) is 5.56 Å². The van der Waals surface area contributed by atoms with Crippen LogP contribution in [0.2, 0.25) is 0 Å². The van der Waals surface area contributed by atoms with E-state index in [1.54, 1.807) is 42.7 Å². The van der Waals surface area contributed by atoms with Crippen molar-refractivity contribution in [1.29, 1.82) is 0 Å². The first-order chi connectivity index (χ1) is 14.1. The van der Waals surface area contributed by atoms with Crippen molar-refractivity contribution in [2.24, 2.45) is 4.36 Å². The lowest BCUT2D eigenvalue weighted by molar-refractivity contribution is 0.292. The summed E-state index contributed by atoms with van der Waals surface area (Å²) in [7, 11) is -2.24. The van der Waals surface area contributed by atoms with Crippen LogP contribution in [0.5, 0.6) is 0 Å². The zero-order valence-corrected chi connectivity index (χ0v) is 16.1. The van der Waals surface area contributed by atoms with E-state index in [-0.39, 0.29) is 6.61 Å². The molecule has 3 rings (SSSR count). The lowest BCUT2D eigenvalue weighted by Gasteiger charge is -2.13. The van der Waals surface area contributed by atoms with Crippen molar-refractivity contribution in [3.63, 3.8) is 0 Å². The van der Waals surface area contributed by atoms with Gasteiger partial charge in [-0.25, -0.2) is 4.98 Å². The van der Waals surface area contributed by atoms with E-state index in [2.05, 4.69) is 35.5 Å². The topological polar surface area (TPSA) is 145 Å². The van der Waals surface area contributed by atoms with Crippen molar-refractivity contribution in [1.82, 2.24) is 15.0 Å². The Morgan fingerprint density at radius 1 is 1.03 bits per heavy atom. The van der Waals surface area contributed by atoms with Gasteiger partial charge in [-0.2, -0.15) is 4.98 Å². The second-order valence-corrected chi connectivity index (χ2v) is 6.46. The first-order valence-corrected chi connectivity index (χ1v) is 9.79. The van der Waals surface area contributed by atoms with Gasteiger partial charge in [-0.15, -0.1) is 0 Å². The number of rotatable bonds is 9. The molecule has 10 nitrogen and oxygen atoms in total. The minimum Gasteiger partial charge on any atom is -0.454 e. The third-order valence-corrected chi connectivity index (χ3v) is 4.07. The van der Waals surface area contributed by atoms with Crippen molar-refractivity contribution >= 4 is 34.0 Å². The van der Waals surface area contributed by atoms with Crippen molar-refractivity contribution in [2.45, 2.75) is 6.42 Å². The van der Waals surface area contributed by atoms with Gasteiger partial charge in [0.05, 0.1) is 11.4 Å². The van der Waals surface area contributed by atoms with E-state index in [0.29, 0.717) is 41.8 Å². The number of aliphatic hydroxyl groups is 1. The normalized spacial score (nSPS) is 11.8. The summed E-state index contributed by atoms with van der Waals surface area (Å²) in [6.07, 6.45) is 3.96. The number of nitrogens with one attached hydrogen (secondary N) is 3. The van der Waals surface area contributed by atoms with Crippen LogP contribution < -0.4 is 16.2 Å². The molecular formula is C18H20N7O3S-. The predicted molar refractivity (Wildman–Crippen MR) is 112 cm³/mol. The highest BCUT2D eigenvalue weighted by atomic mass is 32.2. The van der Waals surface area contributed by atoms with Gasteiger partial charge in [-0.3, -0.25) is 15.8 Å². The third kappa shape index (κ3) is 6.38. The van der Waals surface area contributed by atoms with E-state index in [1.807, 2.05) is 12.1 Å². The van der Waals surface area contributed by atoms with Crippen LogP contribution in [0, 0.1) is 0 Å². The second kappa shape index (κ2) is 10.3. The van der Waals surface area contributed by atoms with Gasteiger partial charge in [0.2, 0.25) is 5.95 Å². The summed E-state index contributed by atoms with van der Waals surface area (Å²) in [5.41, 5.74) is 8.74. The van der Waals surface area contributed by atoms with Crippen LogP contribution >= 0.6 is 0 Å². The molecule has 5 N–H and O–H groups in total. The van der Waals surface area contributed by atoms with Crippen molar-refractivity contribution in [2.75, 3.05) is 29.3 Å². The maximum atomic E-state index is 10.7. The summed E-state index contributed by atoms with van der Waals surface area (Å²) in [6, 6.07) is 12.1. The van der Waals surface area contributed by atoms with Crippen LogP contribution in [0.25, 0.3) is 11.3 Å². The molecule has 0 amide bonds. The Balaban J connectivity index is 1.77. The number of aliphatic hydroxyl groups excluding tert-OH is 1. The van der Waals surface area contributed by atoms with Crippen LogP contribution in [0.3, 0.4) is 0 Å². The first kappa shape index (κ1) is 20.5. The highest BCUT2D eigenvalue weighted by Gasteiger charge is 2.07. The monoisotopic (exact) mass is 414 g/mol. The number of hydrazine groups is 1. The molecule has 0 unspecified atom stereocenters. The third-order valence-electron chi connectivity index (χ3n) is 3.71. The standard InChI is InChI=1S/C18H20N7O3S/c26-11-1-8-20-18-21-16(13-6-9-19-10-7-13)12-17(22-18)24-23-14-2-4-15(5-3-14)25-29(27)28/h2-7,9-10,12,23,26H,1,8,11H2,(H,25,27,28)(H2,20,21,22,24)/q-1. The van der Waals surface area contributed by atoms with E-state index in [9.17, 15) is 4.21 Å². The maximum absolute atomic E-state index is 10.7. The van der Waals surface area contributed by atoms with Gasteiger partial charge in [0.15, 0.2) is 5.82 Å². The number of benzene rings is 1. The largest absolute Gasteiger partial charge is 0.454 e. The van der Waals surface area contributed by atoms with Gasteiger partial charge in [0.1, 0.15) is 0 Å². The summed E-state index contributed by atoms with van der Waals surface area (Å²) in [6.45, 7) is 0.621. The van der Waals surface area contributed by atoms with Gasteiger partial charge in [-0.1, -0.05) is 10.9 Å². The van der Waals surface area contributed by atoms with E-state index in [1.165, 1.54) is 0 Å². The second-order valence-electron chi connectivity index (χ2n) is 5.82. The molecule has 0 aliphatic heterocycles. The van der Waals surface area contributed by atoms with Gasteiger partial charge in [-0.05, 0) is 42.8 Å². The predicted octanol–water partition coefficient (Wildman–Crippen LogP) is 3.02. The molecule has 3 aromatic rings. The molecule has 0 spiro atoms. The Kier molecular flexibility index (Phi) is 7.28. The fourth-order valence-electron chi connectivity index (χ4n) is 2.37. The van der Waals surface area contributed by atoms with Crippen molar-refractivity contribution in [3.8, 4) is 11.3 Å². The summed E-state index contributed by atoms with van der Waals surface area (Å²) >= 11 is 0. The van der Waals surface area contributed by atoms with Crippen molar-refractivity contribution < 1.29 is 13.9 Å². The molecule has 152 valence electrons. The summed E-state index contributed by atoms with van der Waals surface area (Å²) in [5, 5.41) is 12.1. The Labute approximate surface area is 169 Å². The lowest BCUT2D eigenvalue weighted by atomic mass is 10.2.